The summed E-state index contributed by atoms with van der Waals surface area (Å²) in [6.45, 7) is 2.62. The molecule has 1 saturated heterocycles. The second-order valence-corrected chi connectivity index (χ2v) is 7.34. The third kappa shape index (κ3) is 3.23. The van der Waals surface area contributed by atoms with E-state index in [4.69, 9.17) is 0 Å². The summed E-state index contributed by atoms with van der Waals surface area (Å²) in [5.74, 6) is 1.76. The second-order valence-electron chi connectivity index (χ2n) is 6.81. The molecule has 1 aromatic heterocycles. The molecule has 2 aromatic rings. The minimum Gasteiger partial charge on any atom is -0.323 e. The zero-order valence-corrected chi connectivity index (χ0v) is 14.0. The van der Waals surface area contributed by atoms with Crippen LogP contribution in [0, 0.1) is 11.8 Å². The molecule has 4 rings (SSSR count). The Kier molecular flexibility index (Phi) is 4.27. The van der Waals surface area contributed by atoms with Gasteiger partial charge >= 0.3 is 0 Å². The zero-order valence-electron chi connectivity index (χ0n) is 13.2. The van der Waals surface area contributed by atoms with E-state index in [0.717, 1.165) is 41.6 Å². The summed E-state index contributed by atoms with van der Waals surface area (Å²) in [6.07, 6.45) is 6.74. The number of nitrogens with one attached hydrogen (secondary N) is 1. The molecular formula is C17H22N4OS. The van der Waals surface area contributed by atoms with Gasteiger partial charge in [0.2, 0.25) is 5.91 Å². The third-order valence-electron chi connectivity index (χ3n) is 5.30. The van der Waals surface area contributed by atoms with Crippen molar-refractivity contribution in [2.24, 2.45) is 11.8 Å². The van der Waals surface area contributed by atoms with E-state index < -0.39 is 0 Å². The van der Waals surface area contributed by atoms with Gasteiger partial charge in [-0.1, -0.05) is 25.3 Å². The Balaban J connectivity index is 1.37. The fourth-order valence-corrected chi connectivity index (χ4v) is 4.67. The van der Waals surface area contributed by atoms with E-state index in [9.17, 15) is 4.79 Å². The molecule has 1 amide bonds. The van der Waals surface area contributed by atoms with Crippen LogP contribution < -0.4 is 5.32 Å². The van der Waals surface area contributed by atoms with Crippen LogP contribution in [0.2, 0.25) is 0 Å². The molecule has 5 nitrogen and oxygen atoms in total. The minimum absolute atomic E-state index is 0.0553. The fourth-order valence-electron chi connectivity index (χ4n) is 4.12. The van der Waals surface area contributed by atoms with Gasteiger partial charge in [-0.15, -0.1) is 0 Å². The van der Waals surface area contributed by atoms with E-state index in [1.54, 1.807) is 0 Å². The lowest BCUT2D eigenvalue weighted by Gasteiger charge is -2.41. The first-order chi connectivity index (χ1) is 11.3. The number of benzene rings is 1. The van der Waals surface area contributed by atoms with Crippen LogP contribution >= 0.6 is 11.7 Å². The first kappa shape index (κ1) is 15.0. The number of carbonyl (C=O) groups excluding carboxylic acids is 1. The van der Waals surface area contributed by atoms with Gasteiger partial charge in [-0.2, -0.15) is 8.75 Å². The minimum atomic E-state index is 0.0553. The summed E-state index contributed by atoms with van der Waals surface area (Å²) in [6, 6.07) is 5.73. The van der Waals surface area contributed by atoms with Gasteiger partial charge in [-0.05, 0) is 43.4 Å². The van der Waals surface area contributed by atoms with E-state index in [0.29, 0.717) is 6.54 Å². The van der Waals surface area contributed by atoms with Crippen LogP contribution in [0.5, 0.6) is 0 Å². The number of carbonyl (C=O) groups is 1. The Morgan fingerprint density at radius 3 is 3.00 bits per heavy atom. The van der Waals surface area contributed by atoms with E-state index >= 15 is 0 Å². The van der Waals surface area contributed by atoms with Crippen LogP contribution in [-0.2, 0) is 4.79 Å². The quantitative estimate of drug-likeness (QED) is 0.939. The summed E-state index contributed by atoms with van der Waals surface area (Å²) >= 11 is 1.18. The lowest BCUT2D eigenvalue weighted by molar-refractivity contribution is -0.118. The highest BCUT2D eigenvalue weighted by atomic mass is 32.1. The van der Waals surface area contributed by atoms with Crippen molar-refractivity contribution in [1.82, 2.24) is 13.6 Å². The topological polar surface area (TPSA) is 58.1 Å². The molecule has 6 heteroatoms. The number of aromatic nitrogens is 2. The zero-order chi connectivity index (χ0) is 15.6. The van der Waals surface area contributed by atoms with E-state index in [1.165, 1.54) is 43.8 Å². The van der Waals surface area contributed by atoms with Gasteiger partial charge < -0.3 is 5.32 Å². The smallest absolute Gasteiger partial charge is 0.238 e. The van der Waals surface area contributed by atoms with Gasteiger partial charge in [0.05, 0.1) is 24.0 Å². The van der Waals surface area contributed by atoms with Crippen molar-refractivity contribution < 1.29 is 4.79 Å². The van der Waals surface area contributed by atoms with Crippen molar-refractivity contribution in [3.63, 3.8) is 0 Å². The highest BCUT2D eigenvalue weighted by Crippen LogP contribution is 2.35. The number of amides is 1. The molecule has 1 aromatic carbocycles. The molecule has 1 aliphatic heterocycles. The van der Waals surface area contributed by atoms with Crippen molar-refractivity contribution in [3.8, 4) is 0 Å². The fraction of sp³-hybridized carbons (Fsp3) is 0.588. The number of nitrogens with zero attached hydrogens (tertiary/aromatic N) is 3. The Bertz CT molecular complexity index is 701. The molecule has 2 aliphatic rings. The molecule has 1 saturated carbocycles. The van der Waals surface area contributed by atoms with Crippen molar-refractivity contribution in [2.45, 2.75) is 32.1 Å². The molecule has 0 spiro atoms. The van der Waals surface area contributed by atoms with Crippen LogP contribution in [0.25, 0.3) is 11.0 Å². The number of hydrogen-bond donors (Lipinski definition) is 1. The highest BCUT2D eigenvalue weighted by molar-refractivity contribution is 7.00. The Morgan fingerprint density at radius 2 is 2.09 bits per heavy atom. The number of likely N-dealkylation sites (tertiary alicyclic amines) is 1. The first-order valence-electron chi connectivity index (χ1n) is 8.53. The van der Waals surface area contributed by atoms with E-state index in [1.807, 2.05) is 18.2 Å². The maximum absolute atomic E-state index is 12.4. The van der Waals surface area contributed by atoms with Crippen molar-refractivity contribution in [1.29, 1.82) is 0 Å². The summed E-state index contributed by atoms with van der Waals surface area (Å²) in [5, 5.41) is 3.01. The number of rotatable bonds is 3. The number of hydrogen-bond acceptors (Lipinski definition) is 5. The van der Waals surface area contributed by atoms with Gasteiger partial charge in [0.25, 0.3) is 0 Å². The average molecular weight is 330 g/mol. The molecule has 122 valence electrons. The van der Waals surface area contributed by atoms with Gasteiger partial charge in [0.1, 0.15) is 11.0 Å². The molecular weight excluding hydrogens is 308 g/mol. The van der Waals surface area contributed by atoms with Crippen LogP contribution in [0.3, 0.4) is 0 Å². The summed E-state index contributed by atoms with van der Waals surface area (Å²) in [5.41, 5.74) is 2.40. The van der Waals surface area contributed by atoms with Crippen molar-refractivity contribution in [2.75, 3.05) is 25.0 Å². The van der Waals surface area contributed by atoms with Gasteiger partial charge in [0.15, 0.2) is 0 Å². The number of fused-ring (bicyclic) bond motifs is 2. The Morgan fingerprint density at radius 1 is 1.22 bits per heavy atom. The van der Waals surface area contributed by atoms with Gasteiger partial charge in [0, 0.05) is 6.54 Å². The summed E-state index contributed by atoms with van der Waals surface area (Å²) < 4.78 is 8.49. The predicted octanol–water partition coefficient (Wildman–Crippen LogP) is 3.14. The third-order valence-corrected chi connectivity index (χ3v) is 5.85. The monoisotopic (exact) mass is 330 g/mol. The first-order valence-corrected chi connectivity index (χ1v) is 9.26. The number of piperidine rings is 1. The van der Waals surface area contributed by atoms with Crippen LogP contribution in [0.4, 0.5) is 5.69 Å². The van der Waals surface area contributed by atoms with Crippen LogP contribution in [-0.4, -0.2) is 39.2 Å². The van der Waals surface area contributed by atoms with E-state index in [-0.39, 0.29) is 5.91 Å². The lowest BCUT2D eigenvalue weighted by Crippen LogP contribution is -2.44. The Hall–Kier alpha value is -1.53. The molecule has 2 atom stereocenters. The van der Waals surface area contributed by atoms with Crippen LogP contribution in [0.15, 0.2) is 18.2 Å². The van der Waals surface area contributed by atoms with Gasteiger partial charge in [-0.3, -0.25) is 9.69 Å². The molecule has 23 heavy (non-hydrogen) atoms. The lowest BCUT2D eigenvalue weighted by atomic mass is 9.75. The SMILES string of the molecule is O=C(CN1CC[C@H]2CCCC[C@@H]2C1)Nc1cccc2nsnc12. The normalized spacial score (nSPS) is 25.2. The van der Waals surface area contributed by atoms with Gasteiger partial charge in [-0.25, -0.2) is 0 Å². The molecule has 1 aliphatic carbocycles. The molecule has 2 heterocycles. The maximum atomic E-state index is 12.4. The molecule has 0 radical (unpaired) electrons. The largest absolute Gasteiger partial charge is 0.323 e. The molecule has 0 bridgehead atoms. The molecule has 0 unspecified atom stereocenters. The number of anilines is 1. The summed E-state index contributed by atoms with van der Waals surface area (Å²) in [7, 11) is 0. The second kappa shape index (κ2) is 6.53. The highest BCUT2D eigenvalue weighted by Gasteiger charge is 2.31. The predicted molar refractivity (Wildman–Crippen MR) is 92.5 cm³/mol. The maximum Gasteiger partial charge on any atom is 0.238 e. The van der Waals surface area contributed by atoms with E-state index in [2.05, 4.69) is 19.0 Å². The van der Waals surface area contributed by atoms with Crippen LogP contribution in [0.1, 0.15) is 32.1 Å². The molecule has 1 N–H and O–H groups in total. The van der Waals surface area contributed by atoms with Crippen molar-refractivity contribution >= 4 is 34.4 Å². The average Bonchev–Trinajstić information content (AvgIpc) is 3.04. The molecule has 2 fully saturated rings. The summed E-state index contributed by atoms with van der Waals surface area (Å²) in [4.78, 5) is 14.7. The Labute approximate surface area is 140 Å². The van der Waals surface area contributed by atoms with Crippen molar-refractivity contribution in [3.05, 3.63) is 18.2 Å². The standard InChI is InChI=1S/C17H22N4OS/c22-16(18-14-6-3-7-15-17(14)20-23-19-15)11-21-9-8-12-4-1-2-5-13(12)10-21/h3,6-7,12-13H,1-2,4-5,8-11H2,(H,18,22)/t12-,13-/m1/s1.